The first-order valence-corrected chi connectivity index (χ1v) is 12.6. The second-order valence-corrected chi connectivity index (χ2v) is 9.87. The maximum Gasteiger partial charge on any atom is 0.137 e. The predicted molar refractivity (Wildman–Crippen MR) is 153 cm³/mol. The average Bonchev–Trinajstić information content (AvgIpc) is 3.58. The van der Waals surface area contributed by atoms with Crippen molar-refractivity contribution in [1.29, 1.82) is 0 Å². The average molecular weight is 669 g/mol. The number of phenols is 1. The van der Waals surface area contributed by atoms with Gasteiger partial charge in [-0.15, -0.1) is 18.4 Å². The number of aromatic hydroxyl groups is 1. The number of para-hydroxylation sites is 2. The van der Waals surface area contributed by atoms with E-state index in [0.717, 1.165) is 22.1 Å². The zero-order valence-electron chi connectivity index (χ0n) is 19.9. The van der Waals surface area contributed by atoms with Gasteiger partial charge in [0.1, 0.15) is 16.9 Å². The molecule has 2 N–H and O–H groups in total. The number of aromatic nitrogens is 1. The van der Waals surface area contributed by atoms with Crippen LogP contribution in [-0.2, 0) is 21.1 Å². The van der Waals surface area contributed by atoms with Gasteiger partial charge >= 0.3 is 0 Å². The van der Waals surface area contributed by atoms with Crippen molar-refractivity contribution >= 4 is 80.9 Å². The quantitative estimate of drug-likeness (QED) is 0.183. The number of benzene rings is 5. The van der Waals surface area contributed by atoms with E-state index in [9.17, 15) is 5.11 Å². The van der Waals surface area contributed by atoms with Crippen molar-refractivity contribution in [2.45, 2.75) is 0 Å². The molecule has 6 heteroatoms. The number of thiophene rings is 1. The van der Waals surface area contributed by atoms with Gasteiger partial charge in [0.15, 0.2) is 0 Å². The molecule has 0 fully saturated rings. The fourth-order valence-electron chi connectivity index (χ4n) is 5.08. The van der Waals surface area contributed by atoms with Crippen LogP contribution in [-0.4, -0.2) is 17.1 Å². The Morgan fingerprint density at radius 2 is 1.41 bits per heavy atom. The molecule has 0 aliphatic heterocycles. The summed E-state index contributed by atoms with van der Waals surface area (Å²) in [6.45, 7) is 0. The Labute approximate surface area is 230 Å². The van der Waals surface area contributed by atoms with E-state index in [4.69, 9.17) is 4.42 Å². The molecule has 8 rings (SSSR count). The number of nitrogens with zero attached hydrogens (tertiary/aromatic N) is 1. The second kappa shape index (κ2) is 9.26. The predicted octanol–water partition coefficient (Wildman–Crippen LogP) is 9.61. The number of fused-ring (bicyclic) bond motifs is 9. The maximum absolute atomic E-state index is 9.80. The monoisotopic (exact) mass is 669 g/mol. The Hall–Kier alpha value is -3.79. The Balaban J connectivity index is 0.000000136. The molecule has 0 aliphatic rings. The zero-order chi connectivity index (χ0) is 24.2. The summed E-state index contributed by atoms with van der Waals surface area (Å²) in [6, 6.07) is 32.8. The van der Waals surface area contributed by atoms with Gasteiger partial charge in [0.25, 0.3) is 0 Å². The molecule has 0 saturated carbocycles. The normalized spacial score (nSPS) is 11.3. The van der Waals surface area contributed by atoms with Gasteiger partial charge in [-0.25, -0.2) is 0 Å². The minimum Gasteiger partial charge on any atom is -0.683 e. The van der Waals surface area contributed by atoms with Crippen molar-refractivity contribution in [3.05, 3.63) is 102 Å². The number of phenolic OH excluding ortho intramolecular Hbond substituents is 1. The van der Waals surface area contributed by atoms with Crippen molar-refractivity contribution in [2.75, 3.05) is 7.05 Å². The first-order valence-electron chi connectivity index (χ1n) is 11.8. The molecule has 0 spiro atoms. The molecule has 4 nitrogen and oxygen atoms in total. The SMILES string of the molecule is C[N-]c1c(O)ccc2sc3ccccc3c12.[W].c1ccc2c(c1)[nH]c1cc3oc4ccccc4c3cc12. The van der Waals surface area contributed by atoms with Crippen molar-refractivity contribution in [3.8, 4) is 5.75 Å². The summed E-state index contributed by atoms with van der Waals surface area (Å²) in [7, 11) is 1.71. The van der Waals surface area contributed by atoms with Crippen LogP contribution in [0.25, 0.3) is 69.2 Å². The number of furan rings is 1. The Morgan fingerprint density at radius 1 is 0.676 bits per heavy atom. The van der Waals surface area contributed by atoms with Crippen molar-refractivity contribution in [2.24, 2.45) is 0 Å². The molecule has 37 heavy (non-hydrogen) atoms. The van der Waals surface area contributed by atoms with Gasteiger partial charge in [-0.05, 0) is 47.2 Å². The van der Waals surface area contributed by atoms with Gasteiger partial charge in [-0.2, -0.15) is 0 Å². The fourth-order valence-corrected chi connectivity index (χ4v) is 6.19. The third-order valence-electron chi connectivity index (χ3n) is 6.72. The number of H-pyrrole nitrogens is 1. The number of hydrogen-bond acceptors (Lipinski definition) is 3. The molecule has 0 bridgehead atoms. The van der Waals surface area contributed by atoms with E-state index in [-0.39, 0.29) is 26.8 Å². The van der Waals surface area contributed by atoms with Crippen LogP contribution in [0.2, 0.25) is 0 Å². The number of hydrogen-bond donors (Lipinski definition) is 2. The largest absolute Gasteiger partial charge is 0.683 e. The topological polar surface area (TPSA) is 63.3 Å². The van der Waals surface area contributed by atoms with Crippen LogP contribution < -0.4 is 0 Å². The molecule has 3 heterocycles. The molecule has 5 aromatic carbocycles. The molecule has 0 saturated heterocycles. The van der Waals surface area contributed by atoms with Crippen molar-refractivity contribution in [1.82, 2.24) is 4.98 Å². The van der Waals surface area contributed by atoms with Crippen LogP contribution in [0.3, 0.4) is 0 Å². The molecule has 0 radical (unpaired) electrons. The van der Waals surface area contributed by atoms with E-state index in [1.54, 1.807) is 24.5 Å². The summed E-state index contributed by atoms with van der Waals surface area (Å²) in [6.07, 6.45) is 0. The third-order valence-corrected chi connectivity index (χ3v) is 7.86. The summed E-state index contributed by atoms with van der Waals surface area (Å²) < 4.78 is 8.33. The van der Waals surface area contributed by atoms with E-state index >= 15 is 0 Å². The smallest absolute Gasteiger partial charge is 0.137 e. The summed E-state index contributed by atoms with van der Waals surface area (Å²) >= 11 is 1.73. The van der Waals surface area contributed by atoms with Crippen molar-refractivity contribution < 1.29 is 30.6 Å². The van der Waals surface area contributed by atoms with Crippen LogP contribution in [0.5, 0.6) is 5.75 Å². The van der Waals surface area contributed by atoms with Gasteiger partial charge in [0, 0.05) is 63.6 Å². The molecule has 3 aromatic heterocycles. The molecular weight excluding hydrogens is 648 g/mol. The molecular formula is C31H21N2O2SW-. The van der Waals surface area contributed by atoms with Crippen LogP contribution >= 0.6 is 11.3 Å². The minimum absolute atomic E-state index is 0. The van der Waals surface area contributed by atoms with Gasteiger partial charge in [0.05, 0.1) is 5.52 Å². The van der Waals surface area contributed by atoms with E-state index < -0.39 is 0 Å². The van der Waals surface area contributed by atoms with Gasteiger partial charge in [-0.3, -0.25) is 0 Å². The fraction of sp³-hybridized carbons (Fsp3) is 0.0323. The first-order chi connectivity index (χ1) is 17.7. The van der Waals surface area contributed by atoms with Crippen LogP contribution in [0.15, 0.2) is 101 Å². The van der Waals surface area contributed by atoms with E-state index in [2.05, 4.69) is 71.0 Å². The summed E-state index contributed by atoms with van der Waals surface area (Å²) in [4.78, 5) is 3.45. The Bertz CT molecular complexity index is 1980. The van der Waals surface area contributed by atoms with Gasteiger partial charge < -0.3 is 19.8 Å². The van der Waals surface area contributed by atoms with E-state index in [1.165, 1.54) is 41.8 Å². The Morgan fingerprint density at radius 3 is 2.24 bits per heavy atom. The molecule has 0 atom stereocenters. The number of rotatable bonds is 1. The summed E-state index contributed by atoms with van der Waals surface area (Å²) in [5.41, 5.74) is 4.86. The van der Waals surface area contributed by atoms with E-state index in [1.807, 2.05) is 30.3 Å². The zero-order valence-corrected chi connectivity index (χ0v) is 23.6. The molecule has 0 amide bonds. The third kappa shape index (κ3) is 3.78. The summed E-state index contributed by atoms with van der Waals surface area (Å²) in [5, 5.41) is 21.1. The Kier molecular flexibility index (Phi) is 5.90. The van der Waals surface area contributed by atoms with Crippen LogP contribution in [0, 0.1) is 0 Å². The second-order valence-electron chi connectivity index (χ2n) is 8.79. The first kappa shape index (κ1) is 23.6. The number of nitrogens with one attached hydrogen (secondary N) is 1. The molecule has 8 aromatic rings. The number of aromatic amines is 1. The minimum atomic E-state index is 0. The standard InChI is InChI=1S/C18H11NO.C13H10NOS.W/c1-3-7-15-11(5-1)13-9-14-12-6-2-4-8-17(12)20-18(14)10-16(13)19-15;1-14-13-9(15)6-7-11-12(13)8-4-2-3-5-10(8)16-11;/h1-10,19H;2-7,15H,1H3;/q;-1;. The maximum atomic E-state index is 9.80. The van der Waals surface area contributed by atoms with E-state index in [0.29, 0.717) is 5.69 Å². The van der Waals surface area contributed by atoms with Crippen LogP contribution in [0.4, 0.5) is 5.69 Å². The molecule has 0 aliphatic carbocycles. The van der Waals surface area contributed by atoms with Crippen LogP contribution in [0.1, 0.15) is 0 Å². The van der Waals surface area contributed by atoms with Gasteiger partial charge in [-0.1, -0.05) is 60.3 Å². The van der Waals surface area contributed by atoms with Crippen molar-refractivity contribution in [3.63, 3.8) is 0 Å². The molecule has 180 valence electrons. The molecule has 0 unspecified atom stereocenters. The van der Waals surface area contributed by atoms with Gasteiger partial charge in [0.2, 0.25) is 0 Å². The summed E-state index contributed by atoms with van der Waals surface area (Å²) in [5.74, 6) is 0.249.